The Labute approximate surface area is 118 Å². The molecule has 4 nitrogen and oxygen atoms in total. The average molecular weight is 301 g/mol. The summed E-state index contributed by atoms with van der Waals surface area (Å²) in [5.41, 5.74) is -0.0442. The Kier molecular flexibility index (Phi) is 4.46. The Morgan fingerprint density at radius 1 is 1.35 bits per heavy atom. The molecule has 0 aliphatic carbocycles. The number of carbonyl (C=O) groups is 1. The number of hydrogen-bond donors (Lipinski definition) is 0. The highest BCUT2D eigenvalue weighted by molar-refractivity contribution is 6.34. The van der Waals surface area contributed by atoms with Crippen LogP contribution in [0.4, 0.5) is 8.78 Å². The van der Waals surface area contributed by atoms with Crippen molar-refractivity contribution in [3.8, 4) is 0 Å². The first-order chi connectivity index (χ1) is 9.52. The molecule has 2 rings (SSSR count). The Hall–Kier alpha value is -1.79. The van der Waals surface area contributed by atoms with Gasteiger partial charge in [0.25, 0.3) is 0 Å². The Morgan fingerprint density at radius 2 is 2.00 bits per heavy atom. The number of carbonyl (C=O) groups excluding carboxylic acids is 1. The van der Waals surface area contributed by atoms with Crippen molar-refractivity contribution < 1.29 is 18.3 Å². The molecule has 20 heavy (non-hydrogen) atoms. The van der Waals surface area contributed by atoms with E-state index in [0.717, 1.165) is 12.1 Å². The number of rotatable bonds is 5. The first kappa shape index (κ1) is 14.6. The summed E-state index contributed by atoms with van der Waals surface area (Å²) in [5, 5.41) is 4.06. The van der Waals surface area contributed by atoms with Crippen LogP contribution in [0.1, 0.15) is 16.1 Å². The highest BCUT2D eigenvalue weighted by Crippen LogP contribution is 2.20. The van der Waals surface area contributed by atoms with Crippen LogP contribution in [0.25, 0.3) is 0 Å². The molecule has 0 amide bonds. The molecule has 0 saturated heterocycles. The molecule has 0 aliphatic rings. The van der Waals surface area contributed by atoms with E-state index in [1.54, 1.807) is 0 Å². The van der Waals surface area contributed by atoms with Crippen molar-refractivity contribution >= 4 is 17.4 Å². The molecule has 106 valence electrons. The van der Waals surface area contributed by atoms with Gasteiger partial charge in [0, 0.05) is 18.7 Å². The normalized spacial score (nSPS) is 10.8. The topological polar surface area (TPSA) is 44.1 Å². The van der Waals surface area contributed by atoms with E-state index >= 15 is 0 Å². The number of methoxy groups -OCH3 is 1. The van der Waals surface area contributed by atoms with Gasteiger partial charge < -0.3 is 4.74 Å². The lowest BCUT2D eigenvalue weighted by Crippen LogP contribution is -2.15. The summed E-state index contributed by atoms with van der Waals surface area (Å²) in [6.45, 7) is 0.637. The number of halogens is 3. The third kappa shape index (κ3) is 3.02. The van der Waals surface area contributed by atoms with Crippen molar-refractivity contribution in [1.29, 1.82) is 0 Å². The van der Waals surface area contributed by atoms with Crippen molar-refractivity contribution in [1.82, 2.24) is 9.78 Å². The number of hydrogen-bond acceptors (Lipinski definition) is 3. The molecule has 1 heterocycles. The van der Waals surface area contributed by atoms with E-state index < -0.39 is 17.4 Å². The lowest BCUT2D eigenvalue weighted by Gasteiger charge is -2.07. The summed E-state index contributed by atoms with van der Waals surface area (Å²) in [7, 11) is 1.51. The highest BCUT2D eigenvalue weighted by atomic mass is 35.5. The van der Waals surface area contributed by atoms with E-state index in [1.807, 2.05) is 0 Å². The predicted octanol–water partition coefficient (Wildman–Crippen LogP) is 2.69. The maximum absolute atomic E-state index is 13.2. The highest BCUT2D eigenvalue weighted by Gasteiger charge is 2.20. The first-order valence-electron chi connectivity index (χ1n) is 5.74. The maximum atomic E-state index is 13.2. The van der Waals surface area contributed by atoms with Crippen LogP contribution in [0.15, 0.2) is 24.4 Å². The summed E-state index contributed by atoms with van der Waals surface area (Å²) in [6.07, 6.45) is 1.31. The van der Waals surface area contributed by atoms with Gasteiger partial charge >= 0.3 is 0 Å². The molecule has 0 unspecified atom stereocenters. The van der Waals surface area contributed by atoms with E-state index in [2.05, 4.69) is 5.10 Å². The van der Waals surface area contributed by atoms with Crippen molar-refractivity contribution in [2.45, 2.75) is 6.54 Å². The Balaban J connectivity index is 2.39. The monoisotopic (exact) mass is 300 g/mol. The summed E-state index contributed by atoms with van der Waals surface area (Å²) in [6, 6.07) is 2.60. The lowest BCUT2D eigenvalue weighted by atomic mass is 10.1. The summed E-state index contributed by atoms with van der Waals surface area (Å²) < 4.78 is 32.6. The predicted molar refractivity (Wildman–Crippen MR) is 68.9 cm³/mol. The molecule has 0 N–H and O–H groups in total. The maximum Gasteiger partial charge on any atom is 0.212 e. The molecule has 1 aromatic carbocycles. The fraction of sp³-hybridized carbons (Fsp3) is 0.231. The molecular formula is C13H11ClF2N2O2. The third-order valence-electron chi connectivity index (χ3n) is 2.64. The largest absolute Gasteiger partial charge is 0.383 e. The number of aromatic nitrogens is 2. The second-order valence-electron chi connectivity index (χ2n) is 4.04. The zero-order valence-corrected chi connectivity index (χ0v) is 11.3. The van der Waals surface area contributed by atoms with Gasteiger partial charge in [-0.05, 0) is 12.1 Å². The summed E-state index contributed by atoms with van der Waals surface area (Å²) in [5.74, 6) is -2.25. The molecule has 0 aliphatic heterocycles. The van der Waals surface area contributed by atoms with Gasteiger partial charge in [0.1, 0.15) is 17.3 Å². The van der Waals surface area contributed by atoms with Gasteiger partial charge in [0.15, 0.2) is 0 Å². The molecule has 0 fully saturated rings. The second-order valence-corrected chi connectivity index (χ2v) is 4.45. The van der Waals surface area contributed by atoms with Crippen LogP contribution in [0.5, 0.6) is 0 Å². The van der Waals surface area contributed by atoms with Gasteiger partial charge in [-0.3, -0.25) is 9.48 Å². The molecule has 7 heteroatoms. The van der Waals surface area contributed by atoms with Gasteiger partial charge in [-0.15, -0.1) is 0 Å². The van der Waals surface area contributed by atoms with Crippen LogP contribution in [0.3, 0.4) is 0 Å². The summed E-state index contributed by atoms with van der Waals surface area (Å²) in [4.78, 5) is 12.3. The van der Waals surface area contributed by atoms with E-state index in [0.29, 0.717) is 19.2 Å². The smallest absolute Gasteiger partial charge is 0.212 e. The Bertz CT molecular complexity index is 623. The van der Waals surface area contributed by atoms with Crippen LogP contribution in [-0.2, 0) is 11.3 Å². The van der Waals surface area contributed by atoms with E-state index in [-0.39, 0.29) is 16.3 Å². The number of nitrogens with zero attached hydrogens (tertiary/aromatic N) is 2. The zero-order valence-electron chi connectivity index (χ0n) is 10.6. The minimum atomic E-state index is -0.826. The molecule has 2 aromatic rings. The Morgan fingerprint density at radius 3 is 2.60 bits per heavy atom. The van der Waals surface area contributed by atoms with Crippen LogP contribution in [0, 0.1) is 11.6 Å². The molecule has 0 spiro atoms. The molecule has 0 atom stereocenters. The van der Waals surface area contributed by atoms with Crippen LogP contribution < -0.4 is 0 Å². The van der Waals surface area contributed by atoms with Crippen LogP contribution in [-0.4, -0.2) is 29.3 Å². The first-order valence-corrected chi connectivity index (χ1v) is 6.11. The van der Waals surface area contributed by atoms with Crippen molar-refractivity contribution in [2.24, 2.45) is 0 Å². The van der Waals surface area contributed by atoms with E-state index in [4.69, 9.17) is 16.3 Å². The number of benzene rings is 1. The molecular weight excluding hydrogens is 290 g/mol. The van der Waals surface area contributed by atoms with Crippen molar-refractivity contribution in [3.05, 3.63) is 52.3 Å². The van der Waals surface area contributed by atoms with Crippen molar-refractivity contribution in [3.63, 3.8) is 0 Å². The molecule has 1 aromatic heterocycles. The SMILES string of the molecule is COCCn1ncc(Cl)c1C(=O)c1cc(F)cc(F)c1. The van der Waals surface area contributed by atoms with Crippen LogP contribution in [0.2, 0.25) is 5.02 Å². The standard InChI is InChI=1S/C13H11ClF2N2O2/c1-20-3-2-18-12(11(14)7-17-18)13(19)8-4-9(15)6-10(16)5-8/h4-7H,2-3H2,1H3. The molecule has 0 radical (unpaired) electrons. The van der Waals surface area contributed by atoms with E-state index in [9.17, 15) is 13.6 Å². The fourth-order valence-corrected chi connectivity index (χ4v) is 1.98. The molecule has 0 saturated carbocycles. The number of ketones is 1. The fourth-order valence-electron chi connectivity index (χ4n) is 1.76. The van der Waals surface area contributed by atoms with Gasteiger partial charge in [-0.1, -0.05) is 11.6 Å². The van der Waals surface area contributed by atoms with E-state index in [1.165, 1.54) is 18.0 Å². The number of ether oxygens (including phenoxy) is 1. The summed E-state index contributed by atoms with van der Waals surface area (Å²) >= 11 is 5.92. The zero-order chi connectivity index (χ0) is 14.7. The van der Waals surface area contributed by atoms with Gasteiger partial charge in [0.05, 0.1) is 24.4 Å². The van der Waals surface area contributed by atoms with Gasteiger partial charge in [-0.25, -0.2) is 8.78 Å². The van der Waals surface area contributed by atoms with Gasteiger partial charge in [-0.2, -0.15) is 5.10 Å². The second kappa shape index (κ2) is 6.11. The quantitative estimate of drug-likeness (QED) is 0.798. The molecule has 0 bridgehead atoms. The van der Waals surface area contributed by atoms with Crippen molar-refractivity contribution in [2.75, 3.05) is 13.7 Å². The average Bonchev–Trinajstić information content (AvgIpc) is 2.75. The van der Waals surface area contributed by atoms with Crippen LogP contribution >= 0.6 is 11.6 Å². The van der Waals surface area contributed by atoms with Gasteiger partial charge in [0.2, 0.25) is 5.78 Å². The minimum absolute atomic E-state index is 0.0775. The minimum Gasteiger partial charge on any atom is -0.383 e. The lowest BCUT2D eigenvalue weighted by molar-refractivity contribution is 0.102. The third-order valence-corrected chi connectivity index (χ3v) is 2.92.